The quantitative estimate of drug-likeness (QED) is 0.0297. The first-order valence-electron chi connectivity index (χ1n) is 39.5. The van der Waals surface area contributed by atoms with E-state index in [9.17, 15) is 71.9 Å². The van der Waals surface area contributed by atoms with Crippen molar-refractivity contribution in [3.05, 3.63) is 222 Å². The summed E-state index contributed by atoms with van der Waals surface area (Å²) < 4.78 is 14.9. The Bertz CT molecular complexity index is 6260. The predicted octanol–water partition coefficient (Wildman–Crippen LogP) is 15.9. The summed E-state index contributed by atoms with van der Waals surface area (Å²) in [6.45, 7) is 10.7. The number of benzene rings is 2. The number of fused-ring (bicyclic) bond motifs is 4. The average Bonchev–Trinajstić information content (AvgIpc) is 1.78. The average molecular weight is 1880 g/mol. The van der Waals surface area contributed by atoms with E-state index in [4.69, 9.17) is 0 Å². The van der Waals surface area contributed by atoms with Crippen molar-refractivity contribution in [2.45, 2.75) is 80.1 Å². The van der Waals surface area contributed by atoms with Gasteiger partial charge in [0.15, 0.2) is 5.01 Å². The summed E-state index contributed by atoms with van der Waals surface area (Å²) in [5.74, 6) is -3.36. The molecule has 0 bridgehead atoms. The standard InChI is InChI=1S/C18H22N4O2S2.C18H15N3O4S.C17H14N4O4S.C16H16N4O5S.C16H14N4O3S2/c1-10-21-22-18(26-10)20-16(24)14-6-7-25-17(14)19-15(23)13-8-11-4-2-3-5-12(11)9-13;1-2-25-18(24)21-16(23)13-8-10-26-17(13)20-15(22)12-7-3-5-11-6-4-9-19-14(11)12;1-2-25-17(24)21-14(22)11-6-8-26-16(11)20-15(23)13-4-3-10-9-18-7-5-12(10)19-13;1-3-25-16(24)20-13(22)11-5-7-26-15(11)19-14(23)12-8-10(4-6-17-12)18-9(2)21;1-2-17-16(23)20-12(21)9-7-8-24-14(9)19-13(22)15-18-10-5-3-4-6-11(10)25-15/h6-7,11-13H,2-5,8-9H2,1H3,(H,19,23)(H,20,22,24);3-10H,2H2,1H3,(H,20,22)(H,21,23,24);3-9H,2H2,1H3,(H,20,23)(H,21,22,24);4-8H,3H2,1-2H3,(H,19,23)(H,17,18,21)(H,20,22,24);3-8H,2H2,1H3,(H,19,22)(H2,17,20,21,23). The topological polar surface area (TPSA) is 518 Å². The van der Waals surface area contributed by atoms with Crippen LogP contribution in [0.2, 0.25) is 0 Å². The summed E-state index contributed by atoms with van der Waals surface area (Å²) in [6.07, 6.45) is 10.8. The monoisotopic (exact) mass is 1880 g/mol. The van der Waals surface area contributed by atoms with Crippen LogP contribution in [0.4, 0.5) is 55.0 Å². The van der Waals surface area contributed by atoms with Crippen LogP contribution in [0.15, 0.2) is 167 Å². The minimum absolute atomic E-state index is 0.0569. The molecule has 12 N–H and O–H groups in total. The summed E-state index contributed by atoms with van der Waals surface area (Å²) in [6, 6.07) is 31.6. The summed E-state index contributed by atoms with van der Waals surface area (Å²) in [7, 11) is 0. The van der Waals surface area contributed by atoms with Crippen LogP contribution in [0.3, 0.4) is 0 Å². The smallest absolute Gasteiger partial charge is 0.414 e. The number of imide groups is 4. The number of aromatic nitrogens is 7. The first-order chi connectivity index (χ1) is 62.3. The van der Waals surface area contributed by atoms with Gasteiger partial charge >= 0.3 is 24.3 Å². The number of anilines is 7. The third-order valence-electron chi connectivity index (χ3n) is 18.5. The number of ether oxygens (including phenoxy) is 3. The minimum atomic E-state index is -0.870. The molecule has 666 valence electrons. The summed E-state index contributed by atoms with van der Waals surface area (Å²) in [5, 5.41) is 51.2. The van der Waals surface area contributed by atoms with Gasteiger partial charge in [0.1, 0.15) is 41.4 Å². The Morgan fingerprint density at radius 3 is 1.47 bits per heavy atom. The van der Waals surface area contributed by atoms with Gasteiger partial charge in [0.2, 0.25) is 16.9 Å². The number of thiazole rings is 1. The molecule has 2 aromatic carbocycles. The number of carbonyl (C=O) groups excluding carboxylic acids is 15. The van der Waals surface area contributed by atoms with Crippen LogP contribution in [0.25, 0.3) is 32.0 Å². The van der Waals surface area contributed by atoms with Crippen molar-refractivity contribution in [3.63, 3.8) is 0 Å². The Labute approximate surface area is 762 Å². The van der Waals surface area contributed by atoms with Crippen molar-refractivity contribution in [2.75, 3.05) is 63.6 Å². The number of urea groups is 1. The summed E-state index contributed by atoms with van der Waals surface area (Å²) in [4.78, 5) is 201. The van der Waals surface area contributed by atoms with Gasteiger partial charge in [0, 0.05) is 60.6 Å². The van der Waals surface area contributed by atoms with Gasteiger partial charge < -0.3 is 51.4 Å². The molecule has 16 amide bonds. The maximum atomic E-state index is 12.7. The van der Waals surface area contributed by atoms with Gasteiger partial charge in [0.05, 0.1) is 74.5 Å². The zero-order valence-electron chi connectivity index (χ0n) is 69.3. The number of hydrogen-bond donors (Lipinski definition) is 12. The first-order valence-corrected chi connectivity index (χ1v) is 45.5. The van der Waals surface area contributed by atoms with Crippen molar-refractivity contribution in [1.82, 2.24) is 61.7 Å². The maximum absolute atomic E-state index is 12.7. The summed E-state index contributed by atoms with van der Waals surface area (Å²) >= 11 is 8.64. The van der Waals surface area contributed by atoms with E-state index < -0.39 is 65.7 Å². The lowest BCUT2D eigenvalue weighted by Crippen LogP contribution is -2.39. The molecule has 129 heavy (non-hydrogen) atoms. The third kappa shape index (κ3) is 26.8. The number of rotatable bonds is 21. The number of alkyl carbamates (subject to hydrolysis) is 3. The Kier molecular flexibility index (Phi) is 34.5. The molecule has 0 spiro atoms. The molecule has 2 unspecified atom stereocenters. The molecule has 0 radical (unpaired) electrons. The Balaban J connectivity index is 0.000000156. The second-order valence-electron chi connectivity index (χ2n) is 27.3. The van der Waals surface area contributed by atoms with Crippen LogP contribution in [-0.4, -0.2) is 151 Å². The van der Waals surface area contributed by atoms with Gasteiger partial charge in [-0.2, -0.15) is 0 Å². The van der Waals surface area contributed by atoms with E-state index >= 15 is 0 Å². The normalized spacial score (nSPS) is 13.2. The van der Waals surface area contributed by atoms with Gasteiger partial charge in [-0.3, -0.25) is 94.3 Å². The number of carbonyl (C=O) groups is 15. The SMILES string of the molecule is CCNC(=O)NC(=O)c1ccsc1NC(=O)c1nc2ccccc2s1.CCOC(=O)NC(=O)c1ccsc1NC(=O)c1cc(NC(C)=O)ccn1.CCOC(=O)NC(=O)c1ccsc1NC(=O)c1ccc2cnccc2n1.CCOC(=O)NC(=O)c1ccsc1NC(=O)c1cccc2cccnc12.Cc1nnc(NC(=O)c2ccsc2NC(=O)C2CC3CCCCC3C2)s1. The van der Waals surface area contributed by atoms with Crippen molar-refractivity contribution in [2.24, 2.45) is 17.8 Å². The number of hydrogen-bond acceptors (Lipinski definition) is 32. The molecule has 2 aliphatic rings. The second kappa shape index (κ2) is 46.7. The molecule has 13 aromatic rings. The molecule has 2 saturated carbocycles. The molecule has 44 heteroatoms. The highest BCUT2D eigenvalue weighted by atomic mass is 32.1. The minimum Gasteiger partial charge on any atom is -0.450 e. The van der Waals surface area contributed by atoms with E-state index in [-0.39, 0.29) is 88.0 Å². The van der Waals surface area contributed by atoms with Crippen molar-refractivity contribution in [1.29, 1.82) is 0 Å². The number of aryl methyl sites for hydroxylation is 1. The van der Waals surface area contributed by atoms with Crippen LogP contribution < -0.4 is 63.8 Å². The molecule has 0 saturated heterocycles. The van der Waals surface area contributed by atoms with Crippen LogP contribution in [0.5, 0.6) is 0 Å². The van der Waals surface area contributed by atoms with Crippen LogP contribution in [0, 0.1) is 24.7 Å². The molecule has 11 aromatic heterocycles. The van der Waals surface area contributed by atoms with Crippen LogP contribution >= 0.6 is 79.4 Å². The number of nitrogens with one attached hydrogen (secondary N) is 12. The number of para-hydroxylation sites is 2. The zero-order chi connectivity index (χ0) is 92.0. The van der Waals surface area contributed by atoms with Crippen molar-refractivity contribution < 1.29 is 86.1 Å². The maximum Gasteiger partial charge on any atom is 0.414 e. The fraction of sp³-hybridized carbons (Fsp3) is 0.224. The zero-order valence-corrected chi connectivity index (χ0v) is 75.0. The van der Waals surface area contributed by atoms with Gasteiger partial charge in [-0.15, -0.1) is 78.2 Å². The van der Waals surface area contributed by atoms with E-state index in [1.807, 2.05) is 48.7 Å². The van der Waals surface area contributed by atoms with Gasteiger partial charge in [-0.1, -0.05) is 67.4 Å². The molecule has 11 heterocycles. The molecular weight excluding hydrogens is 1800 g/mol. The predicted molar refractivity (Wildman–Crippen MR) is 492 cm³/mol. The second-order valence-corrected chi connectivity index (χ2v) is 34.0. The third-order valence-corrected chi connectivity index (χ3v) is 24.4. The Morgan fingerprint density at radius 1 is 0.426 bits per heavy atom. The lowest BCUT2D eigenvalue weighted by molar-refractivity contribution is -0.119. The van der Waals surface area contributed by atoms with Crippen molar-refractivity contribution in [3.8, 4) is 0 Å². The first kappa shape index (κ1) is 95.2. The molecule has 2 aliphatic carbocycles. The molecule has 15 rings (SSSR count). The number of pyridine rings is 4. The lowest BCUT2D eigenvalue weighted by atomic mass is 9.82. The number of nitrogens with zero attached hydrogens (tertiary/aromatic N) is 7. The Morgan fingerprint density at radius 2 is 0.938 bits per heavy atom. The Hall–Kier alpha value is -14.4. The largest absolute Gasteiger partial charge is 0.450 e. The number of thiophene rings is 5. The molecule has 2 atom stereocenters. The van der Waals surface area contributed by atoms with Crippen LogP contribution in [0.1, 0.15) is 171 Å². The summed E-state index contributed by atoms with van der Waals surface area (Å²) in [5.41, 5.74) is 4.21. The van der Waals surface area contributed by atoms with E-state index in [1.165, 1.54) is 120 Å². The highest BCUT2D eigenvalue weighted by Crippen LogP contribution is 2.46. The van der Waals surface area contributed by atoms with Gasteiger partial charge in [-0.05, 0) is 171 Å². The van der Waals surface area contributed by atoms with Crippen molar-refractivity contribution >= 4 is 236 Å². The van der Waals surface area contributed by atoms with E-state index in [0.29, 0.717) is 76.4 Å². The van der Waals surface area contributed by atoms with E-state index in [2.05, 4.69) is 113 Å². The number of amides is 16. The lowest BCUT2D eigenvalue weighted by Gasteiger charge is -2.24. The van der Waals surface area contributed by atoms with E-state index in [0.717, 1.165) is 61.5 Å². The highest BCUT2D eigenvalue weighted by Gasteiger charge is 2.39. The van der Waals surface area contributed by atoms with Crippen LogP contribution in [-0.2, 0) is 23.8 Å². The van der Waals surface area contributed by atoms with Gasteiger partial charge in [-0.25, -0.2) is 29.1 Å². The van der Waals surface area contributed by atoms with E-state index in [1.54, 1.807) is 122 Å². The molecule has 0 aliphatic heterocycles. The highest BCUT2D eigenvalue weighted by molar-refractivity contribution is 7.20. The van der Waals surface area contributed by atoms with Gasteiger partial charge in [0.25, 0.3) is 53.2 Å². The molecular formula is C85H81N19O18S7. The molecule has 37 nitrogen and oxygen atoms in total. The fourth-order valence-electron chi connectivity index (χ4n) is 12.8. The molecule has 2 fully saturated rings. The fourth-order valence-corrected chi connectivity index (χ4v) is 18.2.